The number of phenolic OH excluding ortho intramolecular Hbond substituents is 1. The number of rotatable bonds is 8. The van der Waals surface area contributed by atoms with Gasteiger partial charge in [0.1, 0.15) is 17.7 Å². The van der Waals surface area contributed by atoms with Crippen molar-refractivity contribution in [1.82, 2.24) is 19.8 Å². The summed E-state index contributed by atoms with van der Waals surface area (Å²) in [5, 5.41) is 10.0. The number of piperazine rings is 1. The number of aromatic hydroxyl groups is 1. The van der Waals surface area contributed by atoms with Crippen LogP contribution in [-0.4, -0.2) is 96.6 Å². The maximum Gasteiger partial charge on any atom is 0.573 e. The number of nitrogens with zero attached hydrogens (tertiary/aromatic N) is 6. The van der Waals surface area contributed by atoms with E-state index in [9.17, 15) is 23.1 Å². The van der Waals surface area contributed by atoms with Gasteiger partial charge in [-0.3, -0.25) is 4.79 Å². The van der Waals surface area contributed by atoms with Crippen molar-refractivity contribution >= 4 is 17.4 Å². The van der Waals surface area contributed by atoms with Crippen LogP contribution in [0.2, 0.25) is 0 Å². The van der Waals surface area contributed by atoms with Gasteiger partial charge in [-0.05, 0) is 45.6 Å². The minimum absolute atomic E-state index is 0.109. The molecular weight excluding hydrogens is 517 g/mol. The van der Waals surface area contributed by atoms with Gasteiger partial charge in [-0.1, -0.05) is 6.58 Å². The van der Waals surface area contributed by atoms with E-state index in [1.54, 1.807) is 9.80 Å². The largest absolute Gasteiger partial charge is 0.573 e. The van der Waals surface area contributed by atoms with E-state index in [0.29, 0.717) is 57.2 Å². The summed E-state index contributed by atoms with van der Waals surface area (Å²) in [7, 11) is 3.85. The lowest BCUT2D eigenvalue weighted by Crippen LogP contribution is -2.49. The highest BCUT2D eigenvalue weighted by molar-refractivity contribution is 5.87. The zero-order valence-corrected chi connectivity index (χ0v) is 22.2. The first kappa shape index (κ1) is 28.3. The van der Waals surface area contributed by atoms with Gasteiger partial charge >= 0.3 is 12.4 Å². The van der Waals surface area contributed by atoms with E-state index in [-0.39, 0.29) is 36.0 Å². The molecule has 1 amide bonds. The lowest BCUT2D eigenvalue weighted by Gasteiger charge is -2.38. The Hall–Kier alpha value is -3.74. The predicted molar refractivity (Wildman–Crippen MR) is 139 cm³/mol. The standard InChI is InChI=1S/C26H33F3N6O4/c1-5-23(37)33-10-12-34(13-11-33)24-19-8-9-35(21-14-18(36)6-7-22(21)39-26(27,28)29)16-20(19)30-25(31-24)38-17(2)15-32(3)4/h5-7,14,17,36H,1,8-13,15-16H2,2-4H3. The molecule has 1 saturated heterocycles. The summed E-state index contributed by atoms with van der Waals surface area (Å²) in [6.45, 7) is 8.72. The molecular formula is C26H33F3N6O4. The molecule has 10 nitrogen and oxygen atoms in total. The van der Waals surface area contributed by atoms with Crippen molar-refractivity contribution in [3.05, 3.63) is 42.1 Å². The summed E-state index contributed by atoms with van der Waals surface area (Å²) >= 11 is 0. The maximum atomic E-state index is 13.1. The summed E-state index contributed by atoms with van der Waals surface area (Å²) in [6.07, 6.45) is -3.35. The van der Waals surface area contributed by atoms with Crippen molar-refractivity contribution in [2.75, 3.05) is 63.2 Å². The van der Waals surface area contributed by atoms with E-state index in [4.69, 9.17) is 9.72 Å². The summed E-state index contributed by atoms with van der Waals surface area (Å²) in [6, 6.07) is 3.67. The highest BCUT2D eigenvalue weighted by Crippen LogP contribution is 2.39. The Kier molecular flexibility index (Phi) is 8.38. The maximum absolute atomic E-state index is 13.1. The van der Waals surface area contributed by atoms with Crippen molar-refractivity contribution in [1.29, 1.82) is 0 Å². The molecule has 3 heterocycles. The Balaban J connectivity index is 1.66. The first-order valence-corrected chi connectivity index (χ1v) is 12.6. The molecule has 13 heteroatoms. The molecule has 0 bridgehead atoms. The summed E-state index contributed by atoms with van der Waals surface area (Å²) in [5.41, 5.74) is 1.60. The molecule has 1 fully saturated rings. The van der Waals surface area contributed by atoms with Crippen LogP contribution >= 0.6 is 0 Å². The van der Waals surface area contributed by atoms with Crippen molar-refractivity contribution in [2.45, 2.75) is 32.4 Å². The molecule has 2 aliphatic rings. The van der Waals surface area contributed by atoms with E-state index in [2.05, 4.69) is 21.2 Å². The molecule has 0 saturated carbocycles. The molecule has 1 N–H and O–H groups in total. The van der Waals surface area contributed by atoms with Gasteiger partial charge in [0.05, 0.1) is 17.9 Å². The van der Waals surface area contributed by atoms with Crippen LogP contribution in [0, 0.1) is 0 Å². The fourth-order valence-corrected chi connectivity index (χ4v) is 4.87. The third kappa shape index (κ3) is 7.02. The minimum Gasteiger partial charge on any atom is -0.508 e. The summed E-state index contributed by atoms with van der Waals surface area (Å²) < 4.78 is 49.5. The number of carbonyl (C=O) groups is 1. The Bertz CT molecular complexity index is 1200. The number of alkyl halides is 3. The molecule has 0 radical (unpaired) electrons. The number of benzene rings is 1. The van der Waals surface area contributed by atoms with Gasteiger partial charge in [-0.15, -0.1) is 13.2 Å². The molecule has 2 aromatic rings. The SMILES string of the molecule is C=CC(=O)N1CCN(c2nc(OC(C)CN(C)C)nc3c2CCN(c2cc(O)ccc2OC(F)(F)F)C3)CC1. The quantitative estimate of drug-likeness (QED) is 0.498. The first-order valence-electron chi connectivity index (χ1n) is 12.6. The number of fused-ring (bicyclic) bond motifs is 1. The normalized spacial score (nSPS) is 16.6. The fraction of sp³-hybridized carbons (Fsp3) is 0.500. The van der Waals surface area contributed by atoms with Crippen LogP contribution in [0.1, 0.15) is 18.2 Å². The lowest BCUT2D eigenvalue weighted by atomic mass is 10.0. The molecule has 0 spiro atoms. The molecule has 1 aromatic carbocycles. The molecule has 2 aliphatic heterocycles. The van der Waals surface area contributed by atoms with Gasteiger partial charge in [0, 0.05) is 50.9 Å². The Labute approximate surface area is 225 Å². The van der Waals surface area contributed by atoms with Crippen LogP contribution in [-0.2, 0) is 17.8 Å². The van der Waals surface area contributed by atoms with Gasteiger partial charge in [0.2, 0.25) is 5.91 Å². The topological polar surface area (TPSA) is 94.5 Å². The smallest absolute Gasteiger partial charge is 0.508 e. The third-order valence-corrected chi connectivity index (χ3v) is 6.53. The van der Waals surface area contributed by atoms with Gasteiger partial charge in [-0.25, -0.2) is 0 Å². The molecule has 212 valence electrons. The zero-order valence-electron chi connectivity index (χ0n) is 22.2. The van der Waals surface area contributed by atoms with Gasteiger partial charge < -0.3 is 34.2 Å². The predicted octanol–water partition coefficient (Wildman–Crippen LogP) is 2.81. The van der Waals surface area contributed by atoms with Crippen LogP contribution in [0.15, 0.2) is 30.9 Å². The second kappa shape index (κ2) is 11.6. The van der Waals surface area contributed by atoms with Crippen molar-refractivity contribution < 1.29 is 32.5 Å². The Morgan fingerprint density at radius 1 is 1.18 bits per heavy atom. The summed E-state index contributed by atoms with van der Waals surface area (Å²) in [4.78, 5) is 28.9. The molecule has 0 aliphatic carbocycles. The van der Waals surface area contributed by atoms with Crippen molar-refractivity contribution in [3.63, 3.8) is 0 Å². The van der Waals surface area contributed by atoms with Crippen molar-refractivity contribution in [3.8, 4) is 17.5 Å². The average Bonchev–Trinajstić information content (AvgIpc) is 2.87. The van der Waals surface area contributed by atoms with Gasteiger partial charge in [-0.2, -0.15) is 9.97 Å². The first-order chi connectivity index (χ1) is 18.4. The molecule has 4 rings (SSSR count). The Morgan fingerprint density at radius 3 is 2.54 bits per heavy atom. The van der Waals surface area contributed by atoms with E-state index < -0.39 is 12.1 Å². The number of amides is 1. The second-order valence-corrected chi connectivity index (χ2v) is 9.83. The molecule has 1 unspecified atom stereocenters. The minimum atomic E-state index is -4.88. The molecule has 1 aromatic heterocycles. The van der Waals surface area contributed by atoms with Gasteiger partial charge in [0.15, 0.2) is 5.75 Å². The van der Waals surface area contributed by atoms with E-state index in [1.165, 1.54) is 12.1 Å². The highest BCUT2D eigenvalue weighted by Gasteiger charge is 2.34. The van der Waals surface area contributed by atoms with Crippen LogP contribution in [0.4, 0.5) is 24.7 Å². The van der Waals surface area contributed by atoms with Crippen molar-refractivity contribution in [2.24, 2.45) is 0 Å². The summed E-state index contributed by atoms with van der Waals surface area (Å²) in [5.74, 6) is -0.0149. The lowest BCUT2D eigenvalue weighted by molar-refractivity contribution is -0.274. The second-order valence-electron chi connectivity index (χ2n) is 9.83. The number of halogens is 3. The fourth-order valence-electron chi connectivity index (χ4n) is 4.87. The highest BCUT2D eigenvalue weighted by atomic mass is 19.4. The Morgan fingerprint density at radius 2 is 1.90 bits per heavy atom. The van der Waals surface area contributed by atoms with Crippen LogP contribution in [0.25, 0.3) is 0 Å². The van der Waals surface area contributed by atoms with Crippen LogP contribution < -0.4 is 19.3 Å². The van der Waals surface area contributed by atoms with E-state index in [1.807, 2.05) is 25.9 Å². The number of likely N-dealkylation sites (N-methyl/N-ethyl adjacent to an activating group) is 1. The monoisotopic (exact) mass is 550 g/mol. The van der Waals surface area contributed by atoms with Gasteiger partial charge in [0.25, 0.3) is 0 Å². The number of aromatic nitrogens is 2. The number of hydrogen-bond acceptors (Lipinski definition) is 9. The molecule has 1 atom stereocenters. The number of carbonyl (C=O) groups excluding carboxylic acids is 1. The molecule has 39 heavy (non-hydrogen) atoms. The zero-order chi connectivity index (χ0) is 28.3. The van der Waals surface area contributed by atoms with Crippen LogP contribution in [0.5, 0.6) is 17.5 Å². The number of ether oxygens (including phenoxy) is 2. The number of hydrogen-bond donors (Lipinski definition) is 1. The average molecular weight is 551 g/mol. The number of anilines is 2. The third-order valence-electron chi connectivity index (χ3n) is 6.53. The van der Waals surface area contributed by atoms with E-state index in [0.717, 1.165) is 17.7 Å². The van der Waals surface area contributed by atoms with E-state index >= 15 is 0 Å². The van der Waals surface area contributed by atoms with Crippen LogP contribution in [0.3, 0.4) is 0 Å². The number of phenols is 1.